The van der Waals surface area contributed by atoms with Crippen LogP contribution in [0.25, 0.3) is 0 Å². The van der Waals surface area contributed by atoms with Gasteiger partial charge >= 0.3 is 0 Å². The normalized spacial score (nSPS) is 10.3. The van der Waals surface area contributed by atoms with Gasteiger partial charge in [-0.1, -0.05) is 6.07 Å². The number of primary amides is 1. The first-order valence-corrected chi connectivity index (χ1v) is 6.12. The summed E-state index contributed by atoms with van der Waals surface area (Å²) in [6.07, 6.45) is 0. The van der Waals surface area contributed by atoms with E-state index in [1.54, 1.807) is 18.2 Å². The molecule has 4 N–H and O–H groups in total. The molecule has 0 heterocycles. The van der Waals surface area contributed by atoms with E-state index in [-0.39, 0.29) is 5.56 Å². The van der Waals surface area contributed by atoms with Crippen molar-refractivity contribution < 1.29 is 9.18 Å². The molecule has 1 amide bonds. The van der Waals surface area contributed by atoms with Gasteiger partial charge in [0.15, 0.2) is 0 Å². The van der Waals surface area contributed by atoms with Gasteiger partial charge < -0.3 is 16.4 Å². The van der Waals surface area contributed by atoms with Crippen LogP contribution in [-0.2, 0) is 6.54 Å². The van der Waals surface area contributed by atoms with Gasteiger partial charge in [0.05, 0.1) is 0 Å². The van der Waals surface area contributed by atoms with E-state index in [4.69, 9.17) is 11.5 Å². The Balaban J connectivity index is 2.17. The van der Waals surface area contributed by atoms with Crippen LogP contribution in [0.4, 0.5) is 15.8 Å². The van der Waals surface area contributed by atoms with Crippen LogP contribution >= 0.6 is 0 Å². The molecule has 2 aromatic rings. The third-order valence-electron chi connectivity index (χ3n) is 3.08. The third-order valence-corrected chi connectivity index (χ3v) is 3.08. The molecule has 0 aromatic heterocycles. The van der Waals surface area contributed by atoms with Crippen molar-refractivity contribution in [1.82, 2.24) is 0 Å². The molecule has 104 valence electrons. The van der Waals surface area contributed by atoms with Crippen molar-refractivity contribution in [3.8, 4) is 0 Å². The minimum absolute atomic E-state index is 0.168. The highest BCUT2D eigenvalue weighted by Crippen LogP contribution is 2.19. The molecular weight excluding hydrogens is 257 g/mol. The van der Waals surface area contributed by atoms with Crippen molar-refractivity contribution in [2.45, 2.75) is 6.54 Å². The minimum atomic E-state index is -0.637. The van der Waals surface area contributed by atoms with E-state index in [9.17, 15) is 9.18 Å². The second-order valence-corrected chi connectivity index (χ2v) is 4.62. The number of carbonyl (C=O) groups excluding carboxylic acids is 1. The van der Waals surface area contributed by atoms with Crippen molar-refractivity contribution in [1.29, 1.82) is 0 Å². The molecule has 0 atom stereocenters. The number of anilines is 2. The first kappa shape index (κ1) is 13.9. The zero-order valence-corrected chi connectivity index (χ0v) is 11.1. The number of carbonyl (C=O) groups is 1. The van der Waals surface area contributed by atoms with E-state index in [1.165, 1.54) is 6.07 Å². The number of benzene rings is 2. The third kappa shape index (κ3) is 3.06. The van der Waals surface area contributed by atoms with Crippen LogP contribution in [0.15, 0.2) is 42.5 Å². The fraction of sp³-hybridized carbons (Fsp3) is 0.133. The lowest BCUT2D eigenvalue weighted by atomic mass is 10.1. The predicted octanol–water partition coefficient (Wildman–Crippen LogP) is 2.14. The number of nitrogens with zero attached hydrogens (tertiary/aromatic N) is 1. The second kappa shape index (κ2) is 5.61. The van der Waals surface area contributed by atoms with Gasteiger partial charge in [-0.05, 0) is 36.4 Å². The quantitative estimate of drug-likeness (QED) is 0.838. The SMILES string of the molecule is CN(Cc1ccc(C(N)=O)cc1F)c1ccc(N)cc1. The van der Waals surface area contributed by atoms with Crippen molar-refractivity contribution in [2.24, 2.45) is 5.73 Å². The maximum absolute atomic E-state index is 13.9. The molecule has 0 bridgehead atoms. The summed E-state index contributed by atoms with van der Waals surface area (Å²) in [7, 11) is 1.85. The number of hydrogen-bond donors (Lipinski definition) is 2. The lowest BCUT2D eigenvalue weighted by Gasteiger charge is -2.20. The summed E-state index contributed by atoms with van der Waals surface area (Å²) >= 11 is 0. The highest BCUT2D eigenvalue weighted by molar-refractivity contribution is 5.92. The van der Waals surface area contributed by atoms with E-state index in [0.29, 0.717) is 17.8 Å². The molecular formula is C15H16FN3O. The highest BCUT2D eigenvalue weighted by Gasteiger charge is 2.09. The Labute approximate surface area is 116 Å². The molecule has 0 radical (unpaired) electrons. The number of nitrogens with two attached hydrogens (primary N) is 2. The molecule has 2 rings (SSSR count). The lowest BCUT2D eigenvalue weighted by Crippen LogP contribution is -2.18. The van der Waals surface area contributed by atoms with Gasteiger partial charge in [-0.25, -0.2) is 4.39 Å². The first-order chi connectivity index (χ1) is 9.47. The fourth-order valence-corrected chi connectivity index (χ4v) is 1.90. The van der Waals surface area contributed by atoms with Crippen molar-refractivity contribution in [2.75, 3.05) is 17.7 Å². The van der Waals surface area contributed by atoms with Gasteiger partial charge in [0.2, 0.25) is 5.91 Å². The van der Waals surface area contributed by atoms with Crippen LogP contribution in [0.3, 0.4) is 0 Å². The molecule has 0 aliphatic rings. The Morgan fingerprint density at radius 1 is 1.20 bits per heavy atom. The average Bonchev–Trinajstić information content (AvgIpc) is 2.41. The summed E-state index contributed by atoms with van der Waals surface area (Å²) in [6.45, 7) is 0.384. The summed E-state index contributed by atoms with van der Waals surface area (Å²) in [5, 5.41) is 0. The molecule has 20 heavy (non-hydrogen) atoms. The Bertz CT molecular complexity index is 626. The number of hydrogen-bond acceptors (Lipinski definition) is 3. The Kier molecular flexibility index (Phi) is 3.89. The zero-order chi connectivity index (χ0) is 14.7. The molecule has 0 aliphatic heterocycles. The Morgan fingerprint density at radius 3 is 2.40 bits per heavy atom. The van der Waals surface area contributed by atoms with Gasteiger partial charge in [-0.15, -0.1) is 0 Å². The van der Waals surface area contributed by atoms with E-state index in [1.807, 2.05) is 24.1 Å². The smallest absolute Gasteiger partial charge is 0.248 e. The second-order valence-electron chi connectivity index (χ2n) is 4.62. The molecule has 0 saturated carbocycles. The van der Waals surface area contributed by atoms with Gasteiger partial charge in [0.25, 0.3) is 0 Å². The van der Waals surface area contributed by atoms with Gasteiger partial charge in [0, 0.05) is 36.1 Å². The van der Waals surface area contributed by atoms with E-state index in [2.05, 4.69) is 0 Å². The monoisotopic (exact) mass is 273 g/mol. The highest BCUT2D eigenvalue weighted by atomic mass is 19.1. The van der Waals surface area contributed by atoms with Crippen molar-refractivity contribution in [3.63, 3.8) is 0 Å². The fourth-order valence-electron chi connectivity index (χ4n) is 1.90. The molecule has 0 spiro atoms. The van der Waals surface area contributed by atoms with Crippen LogP contribution in [-0.4, -0.2) is 13.0 Å². The average molecular weight is 273 g/mol. The van der Waals surface area contributed by atoms with Gasteiger partial charge in [-0.2, -0.15) is 0 Å². The summed E-state index contributed by atoms with van der Waals surface area (Å²) in [4.78, 5) is 12.9. The maximum Gasteiger partial charge on any atom is 0.248 e. The standard InChI is InChI=1S/C15H16FN3O/c1-19(13-6-4-12(17)5-7-13)9-11-3-2-10(15(18)20)8-14(11)16/h2-8H,9,17H2,1H3,(H2,18,20). The zero-order valence-electron chi connectivity index (χ0n) is 11.1. The Hall–Kier alpha value is -2.56. The molecule has 5 heteroatoms. The Morgan fingerprint density at radius 2 is 1.85 bits per heavy atom. The molecule has 4 nitrogen and oxygen atoms in total. The van der Waals surface area contributed by atoms with E-state index in [0.717, 1.165) is 11.8 Å². The first-order valence-electron chi connectivity index (χ1n) is 6.12. The van der Waals surface area contributed by atoms with Crippen LogP contribution < -0.4 is 16.4 Å². The predicted molar refractivity (Wildman–Crippen MR) is 77.9 cm³/mol. The van der Waals surface area contributed by atoms with Crippen LogP contribution in [0.2, 0.25) is 0 Å². The number of rotatable bonds is 4. The molecule has 0 aliphatic carbocycles. The van der Waals surface area contributed by atoms with Crippen LogP contribution in [0.5, 0.6) is 0 Å². The molecule has 0 unspecified atom stereocenters. The van der Waals surface area contributed by atoms with Gasteiger partial charge in [0.1, 0.15) is 5.82 Å². The number of nitrogen functional groups attached to an aromatic ring is 1. The van der Waals surface area contributed by atoms with Crippen molar-refractivity contribution in [3.05, 3.63) is 59.4 Å². The largest absolute Gasteiger partial charge is 0.399 e. The number of halogens is 1. The van der Waals surface area contributed by atoms with Crippen LogP contribution in [0, 0.1) is 5.82 Å². The van der Waals surface area contributed by atoms with E-state index >= 15 is 0 Å². The lowest BCUT2D eigenvalue weighted by molar-refractivity contribution is 0.1000. The summed E-state index contributed by atoms with van der Waals surface area (Å²) in [5.74, 6) is -1.08. The summed E-state index contributed by atoms with van der Waals surface area (Å²) in [6, 6.07) is 11.6. The van der Waals surface area contributed by atoms with Crippen molar-refractivity contribution >= 4 is 17.3 Å². The molecule has 0 fully saturated rings. The number of amides is 1. The summed E-state index contributed by atoms with van der Waals surface area (Å²) in [5.41, 5.74) is 13.0. The van der Waals surface area contributed by atoms with Gasteiger partial charge in [-0.3, -0.25) is 4.79 Å². The molecule has 2 aromatic carbocycles. The van der Waals surface area contributed by atoms with E-state index < -0.39 is 11.7 Å². The topological polar surface area (TPSA) is 72.3 Å². The minimum Gasteiger partial charge on any atom is -0.399 e. The maximum atomic E-state index is 13.9. The van der Waals surface area contributed by atoms with Crippen LogP contribution in [0.1, 0.15) is 15.9 Å². The molecule has 0 saturated heterocycles. The summed E-state index contributed by atoms with van der Waals surface area (Å²) < 4.78 is 13.9.